The number of carbonyl (C=O) groups is 1. The Bertz CT molecular complexity index is 390. The molecule has 1 rings (SSSR count). The average Bonchev–Trinajstić information content (AvgIpc) is 2.28. The van der Waals surface area contributed by atoms with E-state index in [2.05, 4.69) is 4.74 Å². The van der Waals surface area contributed by atoms with E-state index in [9.17, 15) is 9.90 Å². The molecule has 0 bridgehead atoms. The van der Waals surface area contributed by atoms with Crippen molar-refractivity contribution < 1.29 is 19.4 Å². The molecule has 4 nitrogen and oxygen atoms in total. The molecule has 0 aliphatic heterocycles. The number of rotatable bonds is 4. The third-order valence-electron chi connectivity index (χ3n) is 1.92. The Hall–Kier alpha value is -1.42. The lowest BCUT2D eigenvalue weighted by atomic mass is 10.2. The van der Waals surface area contributed by atoms with Crippen LogP contribution in [0.3, 0.4) is 0 Å². The van der Waals surface area contributed by atoms with Crippen molar-refractivity contribution in [3.8, 4) is 11.5 Å². The summed E-state index contributed by atoms with van der Waals surface area (Å²) in [6, 6.07) is 2.64. The fourth-order valence-corrected chi connectivity index (χ4v) is 1.36. The van der Waals surface area contributed by atoms with Gasteiger partial charge in [-0.1, -0.05) is 18.5 Å². The maximum Gasteiger partial charge on any atom is 0.341 e. The molecule has 88 valence electrons. The van der Waals surface area contributed by atoms with Crippen molar-refractivity contribution in [1.82, 2.24) is 0 Å². The molecule has 0 spiro atoms. The molecule has 0 atom stereocenters. The highest BCUT2D eigenvalue weighted by atomic mass is 35.5. The van der Waals surface area contributed by atoms with Gasteiger partial charge < -0.3 is 14.6 Å². The Morgan fingerprint density at radius 1 is 1.50 bits per heavy atom. The Morgan fingerprint density at radius 2 is 2.19 bits per heavy atom. The van der Waals surface area contributed by atoms with Gasteiger partial charge in [-0.25, -0.2) is 4.79 Å². The first-order chi connectivity index (χ1) is 7.60. The van der Waals surface area contributed by atoms with E-state index in [1.165, 1.54) is 19.2 Å². The molecular weight excluding hydrogens is 232 g/mol. The summed E-state index contributed by atoms with van der Waals surface area (Å²) in [4.78, 5) is 11.2. The zero-order valence-electron chi connectivity index (χ0n) is 9.12. The van der Waals surface area contributed by atoms with Gasteiger partial charge >= 0.3 is 5.97 Å². The molecule has 1 aromatic rings. The number of esters is 1. The predicted molar refractivity (Wildman–Crippen MR) is 60.2 cm³/mol. The number of ether oxygens (including phenoxy) is 2. The Kier molecular flexibility index (Phi) is 4.43. The van der Waals surface area contributed by atoms with Crippen molar-refractivity contribution >= 4 is 17.6 Å². The van der Waals surface area contributed by atoms with Crippen LogP contribution in [0.4, 0.5) is 0 Å². The summed E-state index contributed by atoms with van der Waals surface area (Å²) >= 11 is 5.89. The molecule has 0 aliphatic carbocycles. The summed E-state index contributed by atoms with van der Waals surface area (Å²) in [5.41, 5.74) is 0.0244. The van der Waals surface area contributed by atoms with E-state index in [1.807, 2.05) is 6.92 Å². The summed E-state index contributed by atoms with van der Waals surface area (Å²) < 4.78 is 9.79. The lowest BCUT2D eigenvalue weighted by Crippen LogP contribution is -2.03. The van der Waals surface area contributed by atoms with Crippen LogP contribution >= 0.6 is 11.6 Å². The molecule has 0 radical (unpaired) electrons. The van der Waals surface area contributed by atoms with Crippen LogP contribution in [-0.4, -0.2) is 24.8 Å². The van der Waals surface area contributed by atoms with Crippen LogP contribution in [-0.2, 0) is 4.74 Å². The maximum absolute atomic E-state index is 11.2. The lowest BCUT2D eigenvalue weighted by Gasteiger charge is -2.09. The van der Waals surface area contributed by atoms with E-state index in [0.29, 0.717) is 12.4 Å². The summed E-state index contributed by atoms with van der Waals surface area (Å²) in [5, 5.41) is 9.85. The van der Waals surface area contributed by atoms with Gasteiger partial charge in [-0.15, -0.1) is 0 Å². The number of benzene rings is 1. The molecule has 0 saturated heterocycles. The lowest BCUT2D eigenvalue weighted by molar-refractivity contribution is 0.0597. The number of aromatic hydroxyl groups is 1. The van der Waals surface area contributed by atoms with Crippen LogP contribution in [0.25, 0.3) is 0 Å². The number of hydrogen-bond acceptors (Lipinski definition) is 4. The van der Waals surface area contributed by atoms with Gasteiger partial charge in [0, 0.05) is 6.07 Å². The van der Waals surface area contributed by atoms with Crippen LogP contribution in [0.5, 0.6) is 11.5 Å². The standard InChI is InChI=1S/C11H13ClO4/c1-3-4-16-10-6-9(13)7(5-8(10)12)11(14)15-2/h5-6,13H,3-4H2,1-2H3. The van der Waals surface area contributed by atoms with Gasteiger partial charge in [-0.05, 0) is 12.5 Å². The fourth-order valence-electron chi connectivity index (χ4n) is 1.14. The van der Waals surface area contributed by atoms with Crippen molar-refractivity contribution in [1.29, 1.82) is 0 Å². The molecule has 1 N–H and O–H groups in total. The van der Waals surface area contributed by atoms with Crippen molar-refractivity contribution in [2.24, 2.45) is 0 Å². The number of hydrogen-bond donors (Lipinski definition) is 1. The van der Waals surface area contributed by atoms with E-state index >= 15 is 0 Å². The molecule has 0 fully saturated rings. The van der Waals surface area contributed by atoms with Gasteiger partial charge in [0.05, 0.1) is 18.7 Å². The minimum Gasteiger partial charge on any atom is -0.507 e. The molecule has 1 aromatic carbocycles. The van der Waals surface area contributed by atoms with Crippen molar-refractivity contribution in [3.63, 3.8) is 0 Å². The molecule has 0 saturated carbocycles. The zero-order valence-corrected chi connectivity index (χ0v) is 9.87. The number of halogens is 1. The molecule has 0 unspecified atom stereocenters. The van der Waals surface area contributed by atoms with Gasteiger partial charge in [0.1, 0.15) is 17.1 Å². The van der Waals surface area contributed by atoms with Crippen molar-refractivity contribution in [2.45, 2.75) is 13.3 Å². The van der Waals surface area contributed by atoms with E-state index in [-0.39, 0.29) is 16.3 Å². The maximum atomic E-state index is 11.2. The highest BCUT2D eigenvalue weighted by molar-refractivity contribution is 6.32. The third kappa shape index (κ3) is 2.79. The van der Waals surface area contributed by atoms with Gasteiger partial charge in [0.2, 0.25) is 0 Å². The summed E-state index contributed by atoms with van der Waals surface area (Å²) in [6.07, 6.45) is 0.829. The van der Waals surface area contributed by atoms with Crippen LogP contribution in [0.2, 0.25) is 5.02 Å². The number of methoxy groups -OCH3 is 1. The second-order valence-electron chi connectivity index (χ2n) is 3.14. The topological polar surface area (TPSA) is 55.8 Å². The van der Waals surface area contributed by atoms with Gasteiger partial charge in [0.15, 0.2) is 0 Å². The van der Waals surface area contributed by atoms with Gasteiger partial charge in [-0.3, -0.25) is 0 Å². The summed E-state index contributed by atoms with van der Waals surface area (Å²) in [6.45, 7) is 2.45. The first-order valence-corrected chi connectivity index (χ1v) is 5.21. The molecule has 0 aromatic heterocycles. The van der Waals surface area contributed by atoms with Crippen LogP contribution in [0, 0.1) is 0 Å². The molecule has 5 heteroatoms. The second kappa shape index (κ2) is 5.61. The van der Waals surface area contributed by atoms with E-state index in [4.69, 9.17) is 16.3 Å². The molecule has 16 heavy (non-hydrogen) atoms. The number of carbonyl (C=O) groups excluding carboxylic acids is 1. The normalized spacial score (nSPS) is 9.94. The molecule has 0 amide bonds. The Labute approximate surface area is 98.7 Å². The second-order valence-corrected chi connectivity index (χ2v) is 3.55. The quantitative estimate of drug-likeness (QED) is 0.828. The van der Waals surface area contributed by atoms with E-state index in [0.717, 1.165) is 6.42 Å². The minimum absolute atomic E-state index is 0.0244. The van der Waals surface area contributed by atoms with Gasteiger partial charge in [0.25, 0.3) is 0 Å². The highest BCUT2D eigenvalue weighted by Gasteiger charge is 2.15. The number of phenols is 1. The Morgan fingerprint density at radius 3 is 2.75 bits per heavy atom. The summed E-state index contributed by atoms with van der Waals surface area (Å²) in [7, 11) is 1.23. The van der Waals surface area contributed by atoms with E-state index in [1.54, 1.807) is 0 Å². The van der Waals surface area contributed by atoms with Crippen LogP contribution in [0.15, 0.2) is 12.1 Å². The monoisotopic (exact) mass is 244 g/mol. The SMILES string of the molecule is CCCOc1cc(O)c(C(=O)OC)cc1Cl. The van der Waals surface area contributed by atoms with Crippen molar-refractivity contribution in [3.05, 3.63) is 22.7 Å². The van der Waals surface area contributed by atoms with Gasteiger partial charge in [-0.2, -0.15) is 0 Å². The molecule has 0 heterocycles. The number of phenolic OH excluding ortho intramolecular Hbond substituents is 1. The predicted octanol–water partition coefficient (Wildman–Crippen LogP) is 2.62. The largest absolute Gasteiger partial charge is 0.507 e. The highest BCUT2D eigenvalue weighted by Crippen LogP contribution is 2.32. The smallest absolute Gasteiger partial charge is 0.341 e. The molecule has 0 aliphatic rings. The summed E-state index contributed by atoms with van der Waals surface area (Å²) in [5.74, 6) is -0.488. The average molecular weight is 245 g/mol. The van der Waals surface area contributed by atoms with Crippen LogP contribution in [0.1, 0.15) is 23.7 Å². The van der Waals surface area contributed by atoms with Crippen molar-refractivity contribution in [2.75, 3.05) is 13.7 Å². The first-order valence-electron chi connectivity index (χ1n) is 4.83. The molecular formula is C11H13ClO4. The minimum atomic E-state index is -0.638. The van der Waals surface area contributed by atoms with Crippen LogP contribution < -0.4 is 4.74 Å². The fraction of sp³-hybridized carbons (Fsp3) is 0.364. The Balaban J connectivity index is 3.02. The van der Waals surface area contributed by atoms with E-state index < -0.39 is 5.97 Å². The zero-order chi connectivity index (χ0) is 12.1. The third-order valence-corrected chi connectivity index (χ3v) is 2.21. The first kappa shape index (κ1) is 12.6.